The molecule has 3 rings (SSSR count). The SMILES string of the molecule is C[C@H](NCc1cccc(CN2CCC[C@H]2C(=O)O)n1)c1ccccc1. The molecule has 0 bridgehead atoms. The maximum absolute atomic E-state index is 11.3. The maximum atomic E-state index is 11.3. The lowest BCUT2D eigenvalue weighted by Crippen LogP contribution is -2.35. The molecule has 5 heteroatoms. The number of carboxylic acid groups (broad SMARTS) is 1. The van der Waals surface area contributed by atoms with Gasteiger partial charge in [-0.3, -0.25) is 14.7 Å². The summed E-state index contributed by atoms with van der Waals surface area (Å²) in [6.45, 7) is 4.25. The van der Waals surface area contributed by atoms with Gasteiger partial charge in [0.25, 0.3) is 0 Å². The number of carbonyl (C=O) groups is 1. The predicted molar refractivity (Wildman–Crippen MR) is 97.0 cm³/mol. The van der Waals surface area contributed by atoms with Crippen molar-refractivity contribution in [2.45, 2.75) is 44.9 Å². The van der Waals surface area contributed by atoms with E-state index in [1.807, 2.05) is 41.3 Å². The van der Waals surface area contributed by atoms with Crippen LogP contribution in [0.1, 0.15) is 42.8 Å². The molecule has 2 N–H and O–H groups in total. The van der Waals surface area contributed by atoms with Crippen molar-refractivity contribution in [3.8, 4) is 0 Å². The normalized spacial score (nSPS) is 19.0. The fourth-order valence-corrected chi connectivity index (χ4v) is 3.34. The number of likely N-dealkylation sites (tertiary alicyclic amines) is 1. The van der Waals surface area contributed by atoms with Gasteiger partial charge in [0.15, 0.2) is 0 Å². The van der Waals surface area contributed by atoms with Gasteiger partial charge in [-0.1, -0.05) is 36.4 Å². The summed E-state index contributed by atoms with van der Waals surface area (Å²) in [5.41, 5.74) is 3.16. The molecule has 0 saturated carbocycles. The lowest BCUT2D eigenvalue weighted by atomic mass is 10.1. The first-order valence-corrected chi connectivity index (χ1v) is 8.83. The molecule has 0 amide bonds. The number of nitrogens with one attached hydrogen (secondary N) is 1. The van der Waals surface area contributed by atoms with E-state index in [9.17, 15) is 9.90 Å². The van der Waals surface area contributed by atoms with Crippen LogP contribution < -0.4 is 5.32 Å². The molecule has 0 spiro atoms. The van der Waals surface area contributed by atoms with E-state index in [4.69, 9.17) is 4.98 Å². The van der Waals surface area contributed by atoms with Gasteiger partial charge in [0.1, 0.15) is 6.04 Å². The Balaban J connectivity index is 1.59. The van der Waals surface area contributed by atoms with Crippen molar-refractivity contribution >= 4 is 5.97 Å². The Labute approximate surface area is 148 Å². The number of nitrogens with zero attached hydrogens (tertiary/aromatic N) is 2. The van der Waals surface area contributed by atoms with Gasteiger partial charge in [-0.15, -0.1) is 0 Å². The van der Waals surface area contributed by atoms with E-state index in [-0.39, 0.29) is 12.1 Å². The third-order valence-electron chi connectivity index (χ3n) is 4.77. The Kier molecular flexibility index (Phi) is 5.79. The molecule has 2 atom stereocenters. The van der Waals surface area contributed by atoms with Gasteiger partial charge in [-0.05, 0) is 44.0 Å². The number of aromatic nitrogens is 1. The zero-order valence-corrected chi connectivity index (χ0v) is 14.6. The number of benzene rings is 1. The topological polar surface area (TPSA) is 65.5 Å². The molecule has 132 valence electrons. The monoisotopic (exact) mass is 339 g/mol. The molecule has 1 aromatic heterocycles. The van der Waals surface area contributed by atoms with E-state index in [1.54, 1.807) is 0 Å². The first-order valence-electron chi connectivity index (χ1n) is 8.83. The second-order valence-electron chi connectivity index (χ2n) is 6.60. The van der Waals surface area contributed by atoms with Crippen molar-refractivity contribution in [2.24, 2.45) is 0 Å². The molecule has 1 fully saturated rings. The summed E-state index contributed by atoms with van der Waals surface area (Å²) in [6, 6.07) is 16.2. The van der Waals surface area contributed by atoms with Crippen molar-refractivity contribution in [3.05, 3.63) is 65.5 Å². The van der Waals surface area contributed by atoms with Crippen LogP contribution in [0.25, 0.3) is 0 Å². The Morgan fingerprint density at radius 1 is 1.24 bits per heavy atom. The molecule has 25 heavy (non-hydrogen) atoms. The second-order valence-corrected chi connectivity index (χ2v) is 6.60. The van der Waals surface area contributed by atoms with E-state index in [0.717, 1.165) is 30.8 Å². The standard InChI is InChI=1S/C20H25N3O2/c1-15(16-7-3-2-4-8-16)21-13-17-9-5-10-18(22-17)14-23-12-6-11-19(23)20(24)25/h2-5,7-10,15,19,21H,6,11-14H2,1H3,(H,24,25)/t15-,19-/m0/s1. The smallest absolute Gasteiger partial charge is 0.320 e. The van der Waals surface area contributed by atoms with Crippen LogP contribution in [0.5, 0.6) is 0 Å². The summed E-state index contributed by atoms with van der Waals surface area (Å²) in [5.74, 6) is -0.730. The van der Waals surface area contributed by atoms with Crippen LogP contribution in [-0.2, 0) is 17.9 Å². The van der Waals surface area contributed by atoms with Gasteiger partial charge >= 0.3 is 5.97 Å². The molecule has 1 aliphatic heterocycles. The zero-order chi connectivity index (χ0) is 17.6. The molecule has 5 nitrogen and oxygen atoms in total. The van der Waals surface area contributed by atoms with E-state index in [2.05, 4.69) is 24.4 Å². The summed E-state index contributed by atoms with van der Waals surface area (Å²) < 4.78 is 0. The van der Waals surface area contributed by atoms with Crippen LogP contribution in [0.3, 0.4) is 0 Å². The first kappa shape index (κ1) is 17.6. The van der Waals surface area contributed by atoms with E-state index < -0.39 is 5.97 Å². The van der Waals surface area contributed by atoms with Crippen LogP contribution in [-0.4, -0.2) is 33.5 Å². The second kappa shape index (κ2) is 8.23. The Morgan fingerprint density at radius 2 is 2.00 bits per heavy atom. The van der Waals surface area contributed by atoms with E-state index in [1.165, 1.54) is 5.56 Å². The van der Waals surface area contributed by atoms with Gasteiger partial charge in [0, 0.05) is 19.1 Å². The highest BCUT2D eigenvalue weighted by molar-refractivity contribution is 5.73. The lowest BCUT2D eigenvalue weighted by molar-refractivity contribution is -0.142. The number of hydrogen-bond donors (Lipinski definition) is 2. The highest BCUT2D eigenvalue weighted by Crippen LogP contribution is 2.20. The Hall–Kier alpha value is -2.24. The molecule has 2 aromatic rings. The van der Waals surface area contributed by atoms with Crippen molar-refractivity contribution < 1.29 is 9.90 Å². The van der Waals surface area contributed by atoms with Crippen molar-refractivity contribution in [1.82, 2.24) is 15.2 Å². The highest BCUT2D eigenvalue weighted by atomic mass is 16.4. The van der Waals surface area contributed by atoms with Crippen LogP contribution in [0, 0.1) is 0 Å². The predicted octanol–water partition coefficient (Wildman–Crippen LogP) is 2.98. The largest absolute Gasteiger partial charge is 0.480 e. The van der Waals surface area contributed by atoms with Gasteiger partial charge in [0.2, 0.25) is 0 Å². The average molecular weight is 339 g/mol. The average Bonchev–Trinajstić information content (AvgIpc) is 3.09. The van der Waals surface area contributed by atoms with Crippen LogP contribution in [0.15, 0.2) is 48.5 Å². The van der Waals surface area contributed by atoms with Crippen molar-refractivity contribution in [3.63, 3.8) is 0 Å². The number of carboxylic acids is 1. The third-order valence-corrected chi connectivity index (χ3v) is 4.77. The Bertz CT molecular complexity index is 705. The summed E-state index contributed by atoms with van der Waals surface area (Å²) in [7, 11) is 0. The molecule has 2 heterocycles. The molecular formula is C20H25N3O2. The first-order chi connectivity index (χ1) is 12.1. The van der Waals surface area contributed by atoms with Crippen molar-refractivity contribution in [2.75, 3.05) is 6.54 Å². The van der Waals surface area contributed by atoms with Crippen LogP contribution in [0.4, 0.5) is 0 Å². The van der Waals surface area contributed by atoms with E-state index in [0.29, 0.717) is 13.1 Å². The number of hydrogen-bond acceptors (Lipinski definition) is 4. The third kappa shape index (κ3) is 4.65. The summed E-state index contributed by atoms with van der Waals surface area (Å²) >= 11 is 0. The fraction of sp³-hybridized carbons (Fsp3) is 0.400. The van der Waals surface area contributed by atoms with Gasteiger partial charge < -0.3 is 10.4 Å². The maximum Gasteiger partial charge on any atom is 0.320 e. The van der Waals surface area contributed by atoms with Gasteiger partial charge in [0.05, 0.1) is 11.4 Å². The lowest BCUT2D eigenvalue weighted by Gasteiger charge is -2.21. The molecule has 1 aromatic carbocycles. The molecule has 1 aliphatic rings. The molecule has 0 radical (unpaired) electrons. The van der Waals surface area contributed by atoms with Gasteiger partial charge in [-0.25, -0.2) is 0 Å². The summed E-state index contributed by atoms with van der Waals surface area (Å²) in [5, 5.41) is 12.8. The minimum atomic E-state index is -0.730. The number of rotatable bonds is 7. The minimum Gasteiger partial charge on any atom is -0.480 e. The fourth-order valence-electron chi connectivity index (χ4n) is 3.34. The minimum absolute atomic E-state index is 0.252. The molecular weight excluding hydrogens is 314 g/mol. The molecule has 1 saturated heterocycles. The quantitative estimate of drug-likeness (QED) is 0.812. The molecule has 0 aliphatic carbocycles. The van der Waals surface area contributed by atoms with Gasteiger partial charge in [-0.2, -0.15) is 0 Å². The van der Waals surface area contributed by atoms with Crippen molar-refractivity contribution in [1.29, 1.82) is 0 Å². The number of pyridine rings is 1. The summed E-state index contributed by atoms with van der Waals surface area (Å²) in [4.78, 5) is 18.0. The van der Waals surface area contributed by atoms with E-state index >= 15 is 0 Å². The zero-order valence-electron chi connectivity index (χ0n) is 14.6. The number of aliphatic carboxylic acids is 1. The highest BCUT2D eigenvalue weighted by Gasteiger charge is 2.30. The molecule has 0 unspecified atom stereocenters. The summed E-state index contributed by atoms with van der Waals surface area (Å²) in [6.07, 6.45) is 1.66. The van der Waals surface area contributed by atoms with Crippen LogP contribution >= 0.6 is 0 Å². The Morgan fingerprint density at radius 3 is 2.76 bits per heavy atom. The van der Waals surface area contributed by atoms with Crippen LogP contribution in [0.2, 0.25) is 0 Å².